The van der Waals surface area contributed by atoms with Gasteiger partial charge in [0.15, 0.2) is 0 Å². The van der Waals surface area contributed by atoms with Crippen LogP contribution in [0, 0.1) is 11.7 Å². The molecule has 1 aromatic carbocycles. The van der Waals surface area contributed by atoms with Crippen LogP contribution in [0.4, 0.5) is 4.39 Å². The second-order valence-corrected chi connectivity index (χ2v) is 5.34. The molecule has 0 atom stereocenters. The number of benzene rings is 1. The van der Waals surface area contributed by atoms with Crippen LogP contribution in [-0.2, 0) is 0 Å². The lowest BCUT2D eigenvalue weighted by Gasteiger charge is -2.10. The summed E-state index contributed by atoms with van der Waals surface area (Å²) < 4.78 is 13.6. The maximum atomic E-state index is 13.3. The smallest absolute Gasteiger partial charge is 0.251 e. The first-order chi connectivity index (χ1) is 8.16. The number of halogens is 2. The normalized spacial score (nSPS) is 16.1. The molecule has 92 valence electrons. The van der Waals surface area contributed by atoms with Crippen molar-refractivity contribution in [1.29, 1.82) is 0 Å². The molecular weight excluding hydrogens is 285 g/mol. The summed E-state index contributed by atoms with van der Waals surface area (Å²) in [6.45, 7) is 0.705. The molecule has 1 fully saturated rings. The molecule has 2 rings (SSSR count). The van der Waals surface area contributed by atoms with Crippen molar-refractivity contribution in [3.63, 3.8) is 0 Å². The van der Waals surface area contributed by atoms with Gasteiger partial charge in [0.25, 0.3) is 5.91 Å². The third kappa shape index (κ3) is 3.28. The van der Waals surface area contributed by atoms with E-state index in [1.54, 1.807) is 12.1 Å². The van der Waals surface area contributed by atoms with Gasteiger partial charge in [-0.25, -0.2) is 4.39 Å². The lowest BCUT2D eigenvalue weighted by molar-refractivity contribution is 0.0947. The molecule has 2 nitrogen and oxygen atoms in total. The zero-order chi connectivity index (χ0) is 12.3. The van der Waals surface area contributed by atoms with Gasteiger partial charge >= 0.3 is 0 Å². The van der Waals surface area contributed by atoms with Crippen LogP contribution in [-0.4, -0.2) is 12.5 Å². The number of nitrogens with one attached hydrogen (secondary N) is 1. The molecule has 0 saturated heterocycles. The van der Waals surface area contributed by atoms with E-state index in [4.69, 9.17) is 0 Å². The lowest BCUT2D eigenvalue weighted by Crippen LogP contribution is -2.28. The Labute approximate surface area is 109 Å². The monoisotopic (exact) mass is 299 g/mol. The van der Waals surface area contributed by atoms with Crippen LogP contribution in [0.25, 0.3) is 0 Å². The average molecular weight is 300 g/mol. The highest BCUT2D eigenvalue weighted by Crippen LogP contribution is 2.24. The molecule has 1 aliphatic rings. The van der Waals surface area contributed by atoms with Crippen LogP contribution < -0.4 is 5.32 Å². The SMILES string of the molecule is O=C(NCC1CCCC1)c1ccc(Br)c(F)c1. The maximum absolute atomic E-state index is 13.3. The summed E-state index contributed by atoms with van der Waals surface area (Å²) in [5, 5.41) is 2.87. The minimum absolute atomic E-state index is 0.191. The fourth-order valence-corrected chi connectivity index (χ4v) is 2.44. The van der Waals surface area contributed by atoms with Gasteiger partial charge in [-0.3, -0.25) is 4.79 Å². The molecule has 0 aromatic heterocycles. The highest BCUT2D eigenvalue weighted by Gasteiger charge is 2.16. The Kier molecular flexibility index (Phi) is 4.15. The van der Waals surface area contributed by atoms with E-state index in [1.165, 1.54) is 31.7 Å². The van der Waals surface area contributed by atoms with Crippen molar-refractivity contribution in [2.45, 2.75) is 25.7 Å². The number of rotatable bonds is 3. The number of carbonyl (C=O) groups is 1. The fourth-order valence-electron chi connectivity index (χ4n) is 2.19. The fraction of sp³-hybridized carbons (Fsp3) is 0.462. The molecule has 0 heterocycles. The van der Waals surface area contributed by atoms with Crippen LogP contribution in [0.15, 0.2) is 22.7 Å². The maximum Gasteiger partial charge on any atom is 0.251 e. The summed E-state index contributed by atoms with van der Waals surface area (Å²) in [5.41, 5.74) is 0.378. The van der Waals surface area contributed by atoms with Gasteiger partial charge in [-0.05, 0) is 52.9 Å². The zero-order valence-corrected chi connectivity index (χ0v) is 11.1. The van der Waals surface area contributed by atoms with Gasteiger partial charge in [0.1, 0.15) is 5.82 Å². The van der Waals surface area contributed by atoms with E-state index in [0.717, 1.165) is 0 Å². The zero-order valence-electron chi connectivity index (χ0n) is 9.51. The topological polar surface area (TPSA) is 29.1 Å². The van der Waals surface area contributed by atoms with Crippen molar-refractivity contribution in [1.82, 2.24) is 5.32 Å². The Hall–Kier alpha value is -0.900. The first-order valence-electron chi connectivity index (χ1n) is 5.90. The van der Waals surface area contributed by atoms with Gasteiger partial charge in [-0.2, -0.15) is 0 Å². The molecule has 1 N–H and O–H groups in total. The summed E-state index contributed by atoms with van der Waals surface area (Å²) in [6, 6.07) is 4.44. The largest absolute Gasteiger partial charge is 0.352 e. The first kappa shape index (κ1) is 12.6. The van der Waals surface area contributed by atoms with Gasteiger partial charge in [0.2, 0.25) is 0 Å². The minimum atomic E-state index is -0.404. The molecule has 0 aliphatic heterocycles. The molecule has 0 unspecified atom stereocenters. The lowest BCUT2D eigenvalue weighted by atomic mass is 10.1. The van der Waals surface area contributed by atoms with E-state index in [9.17, 15) is 9.18 Å². The summed E-state index contributed by atoms with van der Waals surface area (Å²) in [4.78, 5) is 11.8. The second-order valence-electron chi connectivity index (χ2n) is 4.49. The average Bonchev–Trinajstić information content (AvgIpc) is 2.82. The number of carbonyl (C=O) groups excluding carboxylic acids is 1. The molecule has 0 radical (unpaired) electrons. The molecule has 0 spiro atoms. The molecule has 0 bridgehead atoms. The minimum Gasteiger partial charge on any atom is -0.352 e. The molecule has 1 amide bonds. The summed E-state index contributed by atoms with van der Waals surface area (Å²) in [7, 11) is 0. The standard InChI is InChI=1S/C13H15BrFNO/c14-11-6-5-10(7-12(11)15)13(17)16-8-9-3-1-2-4-9/h5-7,9H,1-4,8H2,(H,16,17). The van der Waals surface area contributed by atoms with E-state index in [1.807, 2.05) is 0 Å². The summed E-state index contributed by atoms with van der Waals surface area (Å²) in [6.07, 6.45) is 4.89. The second kappa shape index (κ2) is 5.63. The Balaban J connectivity index is 1.92. The van der Waals surface area contributed by atoms with E-state index < -0.39 is 5.82 Å². The van der Waals surface area contributed by atoms with E-state index in [0.29, 0.717) is 22.5 Å². The van der Waals surface area contributed by atoms with Crippen molar-refractivity contribution in [3.05, 3.63) is 34.1 Å². The van der Waals surface area contributed by atoms with Crippen LogP contribution in [0.2, 0.25) is 0 Å². The molecule has 17 heavy (non-hydrogen) atoms. The van der Waals surface area contributed by atoms with E-state index >= 15 is 0 Å². The van der Waals surface area contributed by atoms with Gasteiger partial charge in [0, 0.05) is 12.1 Å². The number of hydrogen-bond donors (Lipinski definition) is 1. The first-order valence-corrected chi connectivity index (χ1v) is 6.69. The van der Waals surface area contributed by atoms with Crippen LogP contribution >= 0.6 is 15.9 Å². The molecule has 1 saturated carbocycles. The predicted molar refractivity (Wildman–Crippen MR) is 68.4 cm³/mol. The van der Waals surface area contributed by atoms with E-state index in [2.05, 4.69) is 21.2 Å². The predicted octanol–water partition coefficient (Wildman–Crippen LogP) is 3.51. The van der Waals surface area contributed by atoms with Crippen molar-refractivity contribution in [3.8, 4) is 0 Å². The summed E-state index contributed by atoms with van der Waals surface area (Å²) in [5.74, 6) is 0.000983. The Morgan fingerprint density at radius 3 is 2.76 bits per heavy atom. The number of hydrogen-bond acceptors (Lipinski definition) is 1. The van der Waals surface area contributed by atoms with Crippen LogP contribution in [0.3, 0.4) is 0 Å². The van der Waals surface area contributed by atoms with Crippen LogP contribution in [0.1, 0.15) is 36.0 Å². The Bertz CT molecular complexity index is 416. The van der Waals surface area contributed by atoms with Gasteiger partial charge < -0.3 is 5.32 Å². The van der Waals surface area contributed by atoms with Crippen molar-refractivity contribution in [2.24, 2.45) is 5.92 Å². The number of amides is 1. The van der Waals surface area contributed by atoms with Gasteiger partial charge in [0.05, 0.1) is 4.47 Å². The van der Waals surface area contributed by atoms with E-state index in [-0.39, 0.29) is 5.91 Å². The molecular formula is C13H15BrFNO. The van der Waals surface area contributed by atoms with Crippen molar-refractivity contribution < 1.29 is 9.18 Å². The van der Waals surface area contributed by atoms with Crippen molar-refractivity contribution in [2.75, 3.05) is 6.54 Å². The highest BCUT2D eigenvalue weighted by atomic mass is 79.9. The Morgan fingerprint density at radius 1 is 1.41 bits per heavy atom. The third-order valence-electron chi connectivity index (χ3n) is 3.21. The third-order valence-corrected chi connectivity index (χ3v) is 3.85. The van der Waals surface area contributed by atoms with Crippen LogP contribution in [0.5, 0.6) is 0 Å². The van der Waals surface area contributed by atoms with Gasteiger partial charge in [-0.1, -0.05) is 12.8 Å². The molecule has 1 aliphatic carbocycles. The van der Waals surface area contributed by atoms with Gasteiger partial charge in [-0.15, -0.1) is 0 Å². The van der Waals surface area contributed by atoms with Crippen molar-refractivity contribution >= 4 is 21.8 Å². The molecule has 1 aromatic rings. The Morgan fingerprint density at radius 2 is 2.12 bits per heavy atom. The summed E-state index contributed by atoms with van der Waals surface area (Å²) >= 11 is 3.06. The highest BCUT2D eigenvalue weighted by molar-refractivity contribution is 9.10. The quantitative estimate of drug-likeness (QED) is 0.909. The molecule has 4 heteroatoms.